The van der Waals surface area contributed by atoms with E-state index < -0.39 is 0 Å². The number of ether oxygens (including phenoxy) is 1. The van der Waals surface area contributed by atoms with E-state index in [2.05, 4.69) is 37.0 Å². The predicted molar refractivity (Wildman–Crippen MR) is 113 cm³/mol. The van der Waals surface area contributed by atoms with Gasteiger partial charge in [0.2, 0.25) is 5.95 Å². The third kappa shape index (κ3) is 5.14. The molecule has 2 aromatic heterocycles. The van der Waals surface area contributed by atoms with E-state index in [0.29, 0.717) is 17.9 Å². The van der Waals surface area contributed by atoms with Gasteiger partial charge in [0.25, 0.3) is 5.91 Å². The van der Waals surface area contributed by atoms with Gasteiger partial charge in [0, 0.05) is 18.0 Å². The molecule has 0 saturated heterocycles. The maximum absolute atomic E-state index is 12.1. The van der Waals surface area contributed by atoms with Gasteiger partial charge in [0.15, 0.2) is 0 Å². The van der Waals surface area contributed by atoms with Crippen LogP contribution in [-0.4, -0.2) is 31.5 Å². The molecule has 0 spiro atoms. The smallest absolute Gasteiger partial charge is 0.258 e. The SMILES string of the molecule is O=C(Nc1nnn[nH]1)c1ccc(OCc2ccc(C=Cc3ccncc3)cc2)cc1. The summed E-state index contributed by atoms with van der Waals surface area (Å²) in [6.45, 7) is 0.434. The van der Waals surface area contributed by atoms with E-state index in [9.17, 15) is 4.79 Å². The molecule has 0 bridgehead atoms. The number of hydrogen-bond donors (Lipinski definition) is 2. The molecule has 4 rings (SSSR count). The maximum atomic E-state index is 12.1. The van der Waals surface area contributed by atoms with Crippen molar-refractivity contribution >= 4 is 24.0 Å². The standard InChI is InChI=1S/C22H18N6O2/c29-21(24-22-25-27-28-26-22)19-7-9-20(10-8-19)30-15-18-5-3-16(4-6-18)1-2-17-11-13-23-14-12-17/h1-14H,15H2,(H2,24,25,26,27,28,29). The van der Waals surface area contributed by atoms with Crippen molar-refractivity contribution in [1.82, 2.24) is 25.6 Å². The minimum atomic E-state index is -0.310. The highest BCUT2D eigenvalue weighted by Gasteiger charge is 2.08. The van der Waals surface area contributed by atoms with Gasteiger partial charge in [-0.15, -0.1) is 0 Å². The van der Waals surface area contributed by atoms with Crippen molar-refractivity contribution in [2.45, 2.75) is 6.61 Å². The monoisotopic (exact) mass is 398 g/mol. The zero-order chi connectivity index (χ0) is 20.6. The lowest BCUT2D eigenvalue weighted by Crippen LogP contribution is -2.12. The molecular weight excluding hydrogens is 380 g/mol. The number of nitrogens with zero attached hydrogens (tertiary/aromatic N) is 4. The molecular formula is C22H18N6O2. The highest BCUT2D eigenvalue weighted by molar-refractivity contribution is 6.03. The number of carbonyl (C=O) groups is 1. The van der Waals surface area contributed by atoms with Crippen LogP contribution in [0.5, 0.6) is 5.75 Å². The second kappa shape index (κ2) is 9.24. The lowest BCUT2D eigenvalue weighted by Gasteiger charge is -2.08. The number of pyridine rings is 1. The number of rotatable bonds is 7. The molecule has 0 aliphatic carbocycles. The van der Waals surface area contributed by atoms with Crippen molar-refractivity contribution in [2.24, 2.45) is 0 Å². The largest absolute Gasteiger partial charge is 0.489 e. The summed E-state index contributed by atoms with van der Waals surface area (Å²) in [5.74, 6) is 0.560. The van der Waals surface area contributed by atoms with Crippen molar-refractivity contribution in [2.75, 3.05) is 5.32 Å². The lowest BCUT2D eigenvalue weighted by atomic mass is 10.1. The molecule has 4 aromatic rings. The Morgan fingerprint density at radius 2 is 1.63 bits per heavy atom. The van der Waals surface area contributed by atoms with Crippen LogP contribution in [0.3, 0.4) is 0 Å². The first-order valence-corrected chi connectivity index (χ1v) is 9.21. The van der Waals surface area contributed by atoms with E-state index in [1.54, 1.807) is 36.7 Å². The molecule has 1 amide bonds. The zero-order valence-electron chi connectivity index (χ0n) is 15.9. The van der Waals surface area contributed by atoms with E-state index in [0.717, 1.165) is 16.7 Å². The van der Waals surface area contributed by atoms with E-state index in [-0.39, 0.29) is 11.9 Å². The Morgan fingerprint density at radius 3 is 2.30 bits per heavy atom. The molecule has 2 N–H and O–H groups in total. The minimum absolute atomic E-state index is 0.194. The van der Waals surface area contributed by atoms with Crippen LogP contribution in [-0.2, 0) is 6.61 Å². The van der Waals surface area contributed by atoms with Gasteiger partial charge in [0.1, 0.15) is 12.4 Å². The third-order valence-corrected chi connectivity index (χ3v) is 4.25. The Balaban J connectivity index is 1.30. The molecule has 0 aliphatic heterocycles. The average molecular weight is 398 g/mol. The van der Waals surface area contributed by atoms with Gasteiger partial charge < -0.3 is 4.74 Å². The van der Waals surface area contributed by atoms with Gasteiger partial charge in [-0.2, -0.15) is 0 Å². The van der Waals surface area contributed by atoms with E-state index in [4.69, 9.17) is 4.74 Å². The highest BCUT2D eigenvalue weighted by atomic mass is 16.5. The van der Waals surface area contributed by atoms with E-state index >= 15 is 0 Å². The number of amides is 1. The molecule has 8 heteroatoms. The van der Waals surface area contributed by atoms with Crippen molar-refractivity contribution in [1.29, 1.82) is 0 Å². The Kier molecular flexibility index (Phi) is 5.86. The minimum Gasteiger partial charge on any atom is -0.489 e. The summed E-state index contributed by atoms with van der Waals surface area (Å²) in [7, 11) is 0. The van der Waals surface area contributed by atoms with Gasteiger partial charge in [0.05, 0.1) is 0 Å². The lowest BCUT2D eigenvalue weighted by molar-refractivity contribution is 0.102. The first kappa shape index (κ1) is 19.0. The molecule has 8 nitrogen and oxygen atoms in total. The van der Waals surface area contributed by atoms with Gasteiger partial charge in [-0.05, 0) is 63.5 Å². The van der Waals surface area contributed by atoms with Gasteiger partial charge in [-0.3, -0.25) is 15.1 Å². The summed E-state index contributed by atoms with van der Waals surface area (Å²) in [6.07, 6.45) is 7.64. The van der Waals surface area contributed by atoms with Gasteiger partial charge in [-0.25, -0.2) is 5.10 Å². The first-order chi connectivity index (χ1) is 14.8. The number of H-pyrrole nitrogens is 1. The number of benzene rings is 2. The van der Waals surface area contributed by atoms with Crippen LogP contribution >= 0.6 is 0 Å². The number of nitrogens with one attached hydrogen (secondary N) is 2. The number of hydrogen-bond acceptors (Lipinski definition) is 6. The summed E-state index contributed by atoms with van der Waals surface area (Å²) in [5, 5.41) is 15.5. The van der Waals surface area contributed by atoms with Crippen molar-refractivity contribution in [3.8, 4) is 5.75 Å². The Bertz CT molecular complexity index is 1110. The molecule has 0 radical (unpaired) electrons. The van der Waals surface area contributed by atoms with Crippen molar-refractivity contribution in [3.05, 3.63) is 95.3 Å². The molecule has 0 saturated carbocycles. The molecule has 0 fully saturated rings. The van der Waals surface area contributed by atoms with Crippen LogP contribution in [0.1, 0.15) is 27.0 Å². The van der Waals surface area contributed by atoms with E-state index in [1.165, 1.54) is 0 Å². The van der Waals surface area contributed by atoms with Crippen LogP contribution in [0, 0.1) is 0 Å². The number of tetrazole rings is 1. The van der Waals surface area contributed by atoms with Gasteiger partial charge >= 0.3 is 0 Å². The topological polar surface area (TPSA) is 106 Å². The van der Waals surface area contributed by atoms with Crippen LogP contribution in [0.25, 0.3) is 12.2 Å². The molecule has 30 heavy (non-hydrogen) atoms. The fourth-order valence-corrected chi connectivity index (χ4v) is 2.65. The predicted octanol–water partition coefficient (Wildman–Crippen LogP) is 3.60. The third-order valence-electron chi connectivity index (χ3n) is 4.25. The summed E-state index contributed by atoms with van der Waals surface area (Å²) in [4.78, 5) is 16.1. The Labute approximate surface area is 172 Å². The van der Waals surface area contributed by atoms with Crippen LogP contribution < -0.4 is 10.1 Å². The molecule has 0 atom stereocenters. The number of aromatic nitrogens is 5. The summed E-state index contributed by atoms with van der Waals surface area (Å²) in [5.41, 5.74) is 3.74. The Hall–Kier alpha value is -4.33. The van der Waals surface area contributed by atoms with Crippen LogP contribution in [0.15, 0.2) is 73.1 Å². The quantitative estimate of drug-likeness (QED) is 0.493. The second-order valence-corrected chi connectivity index (χ2v) is 6.37. The van der Waals surface area contributed by atoms with Crippen molar-refractivity contribution < 1.29 is 9.53 Å². The van der Waals surface area contributed by atoms with E-state index in [1.807, 2.05) is 42.5 Å². The van der Waals surface area contributed by atoms with Crippen LogP contribution in [0.2, 0.25) is 0 Å². The molecule has 148 valence electrons. The van der Waals surface area contributed by atoms with Gasteiger partial charge in [-0.1, -0.05) is 41.5 Å². The fraction of sp³-hybridized carbons (Fsp3) is 0.0455. The summed E-state index contributed by atoms with van der Waals surface area (Å²) < 4.78 is 5.81. The average Bonchev–Trinajstić information content (AvgIpc) is 3.31. The summed E-state index contributed by atoms with van der Waals surface area (Å²) in [6, 6.07) is 18.9. The maximum Gasteiger partial charge on any atom is 0.258 e. The molecule has 2 aromatic carbocycles. The fourth-order valence-electron chi connectivity index (χ4n) is 2.65. The number of anilines is 1. The van der Waals surface area contributed by atoms with Crippen LogP contribution in [0.4, 0.5) is 5.95 Å². The molecule has 2 heterocycles. The molecule has 0 aliphatic rings. The number of carbonyl (C=O) groups excluding carboxylic acids is 1. The zero-order valence-corrected chi connectivity index (χ0v) is 15.9. The molecule has 0 unspecified atom stereocenters. The first-order valence-electron chi connectivity index (χ1n) is 9.21. The Morgan fingerprint density at radius 1 is 0.933 bits per heavy atom. The normalized spacial score (nSPS) is 10.8. The highest BCUT2D eigenvalue weighted by Crippen LogP contribution is 2.16. The summed E-state index contributed by atoms with van der Waals surface area (Å²) >= 11 is 0. The second-order valence-electron chi connectivity index (χ2n) is 6.37. The number of aromatic amines is 1. The van der Waals surface area contributed by atoms with Crippen molar-refractivity contribution in [3.63, 3.8) is 0 Å².